The van der Waals surface area contributed by atoms with Gasteiger partial charge in [0.25, 0.3) is 0 Å². The van der Waals surface area contributed by atoms with Crippen LogP contribution < -0.4 is 4.90 Å². The summed E-state index contributed by atoms with van der Waals surface area (Å²) < 4.78 is 2.46. The maximum absolute atomic E-state index is 2.60. The molecule has 10 aromatic rings. The van der Waals surface area contributed by atoms with E-state index in [4.69, 9.17) is 0 Å². The first-order valence-electron chi connectivity index (χ1n) is 20.9. The molecule has 2 nitrogen and oxygen atoms in total. The summed E-state index contributed by atoms with van der Waals surface area (Å²) in [7, 11) is 0. The van der Waals surface area contributed by atoms with Gasteiger partial charge in [0, 0.05) is 44.1 Å². The number of fused-ring (bicyclic) bond motifs is 7. The van der Waals surface area contributed by atoms with Gasteiger partial charge in [-0.25, -0.2) is 0 Å². The van der Waals surface area contributed by atoms with E-state index in [0.717, 1.165) is 17.1 Å². The van der Waals surface area contributed by atoms with E-state index >= 15 is 0 Å². The lowest BCUT2D eigenvalue weighted by Crippen LogP contribution is -2.24. The van der Waals surface area contributed by atoms with Crippen molar-refractivity contribution in [3.05, 3.63) is 216 Å². The van der Waals surface area contributed by atoms with Crippen LogP contribution in [0, 0.1) is 0 Å². The number of hydrogen-bond acceptors (Lipinski definition) is 1. The van der Waals surface area contributed by atoms with Crippen LogP contribution in [0.15, 0.2) is 188 Å². The third-order valence-electron chi connectivity index (χ3n) is 14.2. The van der Waals surface area contributed by atoms with Crippen LogP contribution in [0.2, 0.25) is 0 Å². The molecule has 0 saturated heterocycles. The molecule has 1 aromatic heterocycles. The number of aromatic nitrogens is 1. The molecular weight excluding hydrogens is 713 g/mol. The molecule has 278 valence electrons. The number of para-hydroxylation sites is 2. The summed E-state index contributed by atoms with van der Waals surface area (Å²) >= 11 is 0. The van der Waals surface area contributed by atoms with Crippen LogP contribution in [0.1, 0.15) is 48.6 Å². The van der Waals surface area contributed by atoms with Crippen molar-refractivity contribution in [1.82, 2.24) is 4.57 Å². The highest BCUT2D eigenvalue weighted by atomic mass is 15.2. The van der Waals surface area contributed by atoms with Crippen LogP contribution in [-0.4, -0.2) is 4.57 Å². The number of nitrogens with zero attached hydrogens (tertiary/aromatic N) is 2. The van der Waals surface area contributed by atoms with Gasteiger partial charge in [-0.2, -0.15) is 0 Å². The average Bonchev–Trinajstić information content (AvgIpc) is 3.84. The van der Waals surface area contributed by atoms with Crippen molar-refractivity contribution >= 4 is 49.6 Å². The Balaban J connectivity index is 1.19. The standard InChI is InChI=1S/C57H40N2/c1-56(2)48-22-13-25-53-55(48)46-29-26-36(32-49(46)56)57(3)47-21-9-6-17-41(47)42-30-27-37(33-50(42)57)59(53)54-34-38(28-31-45(54)40-20-12-15-35-14-4-5-16-39(35)40)58-51-23-10-7-18-43(51)44-19-8-11-24-52(44)58/h4-34H,1-3H3. The van der Waals surface area contributed by atoms with Gasteiger partial charge in [0.1, 0.15) is 0 Å². The van der Waals surface area contributed by atoms with Crippen LogP contribution in [-0.2, 0) is 10.8 Å². The van der Waals surface area contributed by atoms with Crippen molar-refractivity contribution < 1.29 is 0 Å². The minimum absolute atomic E-state index is 0.185. The van der Waals surface area contributed by atoms with E-state index in [2.05, 4.69) is 218 Å². The SMILES string of the molecule is CC1(C)c2cc3ccc2-c2c(cccc21)N(c1cc(-n2c4ccccc4c4ccccc42)ccc1-c1cccc2ccccc12)c1ccc2c(c1)C3(C)c1ccccc1-2. The Morgan fingerprint density at radius 3 is 1.81 bits per heavy atom. The molecule has 2 aliphatic carbocycles. The van der Waals surface area contributed by atoms with E-state index in [1.807, 2.05) is 0 Å². The zero-order valence-electron chi connectivity index (χ0n) is 33.3. The van der Waals surface area contributed by atoms with Crippen LogP contribution >= 0.6 is 0 Å². The van der Waals surface area contributed by atoms with Crippen LogP contribution in [0.4, 0.5) is 17.1 Å². The minimum Gasteiger partial charge on any atom is -0.309 e. The fourth-order valence-corrected chi connectivity index (χ4v) is 11.3. The zero-order chi connectivity index (χ0) is 39.2. The molecule has 0 spiro atoms. The Bertz CT molecular complexity index is 3390. The Labute approximate surface area is 344 Å². The van der Waals surface area contributed by atoms with Crippen LogP contribution in [0.25, 0.3) is 71.6 Å². The van der Waals surface area contributed by atoms with Gasteiger partial charge < -0.3 is 9.47 Å². The minimum atomic E-state index is -0.334. The second kappa shape index (κ2) is 11.5. The van der Waals surface area contributed by atoms with Crippen molar-refractivity contribution in [2.75, 3.05) is 4.90 Å². The van der Waals surface area contributed by atoms with Gasteiger partial charge in [0.15, 0.2) is 0 Å². The first-order chi connectivity index (χ1) is 28.9. The summed E-state index contributed by atoms with van der Waals surface area (Å²) in [5.74, 6) is 0. The Hall–Kier alpha value is -7.16. The molecule has 0 radical (unpaired) electrons. The molecule has 6 bridgehead atoms. The number of rotatable bonds is 3. The number of anilines is 3. The third-order valence-corrected chi connectivity index (χ3v) is 14.2. The molecule has 0 amide bonds. The van der Waals surface area contributed by atoms with Crippen molar-refractivity contribution in [1.29, 1.82) is 0 Å². The predicted octanol–water partition coefficient (Wildman–Crippen LogP) is 15.0. The second-order valence-electron chi connectivity index (χ2n) is 17.4. The molecule has 1 unspecified atom stereocenters. The molecule has 0 saturated carbocycles. The molecule has 14 rings (SSSR count). The smallest absolute Gasteiger partial charge is 0.0561 e. The molecule has 1 atom stereocenters. The van der Waals surface area contributed by atoms with Gasteiger partial charge in [-0.05, 0) is 110 Å². The number of benzene rings is 9. The van der Waals surface area contributed by atoms with Crippen molar-refractivity contribution in [2.24, 2.45) is 0 Å². The topological polar surface area (TPSA) is 8.17 Å². The quantitative estimate of drug-likeness (QED) is 0.174. The molecule has 59 heavy (non-hydrogen) atoms. The number of hydrogen-bond donors (Lipinski definition) is 0. The lowest BCUT2D eigenvalue weighted by molar-refractivity contribution is 0.651. The van der Waals surface area contributed by atoms with Crippen molar-refractivity contribution in [3.8, 4) is 39.1 Å². The summed E-state index contributed by atoms with van der Waals surface area (Å²) in [5, 5.41) is 4.99. The average molecular weight is 753 g/mol. The lowest BCUT2D eigenvalue weighted by Gasteiger charge is -2.33. The van der Waals surface area contributed by atoms with E-state index in [1.165, 1.54) is 99.5 Å². The van der Waals surface area contributed by atoms with E-state index in [9.17, 15) is 0 Å². The fourth-order valence-electron chi connectivity index (χ4n) is 11.3. The third kappa shape index (κ3) is 4.20. The first-order valence-corrected chi connectivity index (χ1v) is 20.9. The normalized spacial score (nSPS) is 16.6. The Kier molecular flexibility index (Phi) is 6.40. The molecule has 4 aliphatic rings. The largest absolute Gasteiger partial charge is 0.309 e. The zero-order valence-corrected chi connectivity index (χ0v) is 33.3. The highest BCUT2D eigenvalue weighted by molar-refractivity contribution is 6.10. The molecule has 0 fully saturated rings. The molecule has 3 heterocycles. The van der Waals surface area contributed by atoms with Crippen LogP contribution in [0.3, 0.4) is 0 Å². The van der Waals surface area contributed by atoms with E-state index in [-0.39, 0.29) is 10.8 Å². The van der Waals surface area contributed by atoms with E-state index in [1.54, 1.807) is 0 Å². The van der Waals surface area contributed by atoms with E-state index < -0.39 is 0 Å². The highest BCUT2D eigenvalue weighted by Gasteiger charge is 2.45. The highest BCUT2D eigenvalue weighted by Crippen LogP contribution is 2.60. The van der Waals surface area contributed by atoms with Gasteiger partial charge in [0.05, 0.1) is 22.4 Å². The first kappa shape index (κ1) is 32.9. The van der Waals surface area contributed by atoms with Crippen molar-refractivity contribution in [3.63, 3.8) is 0 Å². The monoisotopic (exact) mass is 752 g/mol. The molecule has 2 heteroatoms. The molecule has 0 N–H and O–H groups in total. The Morgan fingerprint density at radius 2 is 0.983 bits per heavy atom. The maximum atomic E-state index is 2.60. The predicted molar refractivity (Wildman–Crippen MR) is 247 cm³/mol. The maximum Gasteiger partial charge on any atom is 0.0561 e. The molecular formula is C57H40N2. The van der Waals surface area contributed by atoms with E-state index in [0.29, 0.717) is 0 Å². The van der Waals surface area contributed by atoms with Crippen LogP contribution in [0.5, 0.6) is 0 Å². The van der Waals surface area contributed by atoms with Gasteiger partial charge in [-0.1, -0.05) is 159 Å². The summed E-state index contributed by atoms with van der Waals surface area (Å²) in [6.45, 7) is 7.29. The van der Waals surface area contributed by atoms with Gasteiger partial charge in [-0.15, -0.1) is 0 Å². The summed E-state index contributed by atoms with van der Waals surface area (Å²) in [6, 6.07) is 71.1. The molecule has 2 aliphatic heterocycles. The molecule has 9 aromatic carbocycles. The van der Waals surface area contributed by atoms with Gasteiger partial charge in [0.2, 0.25) is 0 Å². The van der Waals surface area contributed by atoms with Crippen molar-refractivity contribution in [2.45, 2.75) is 31.6 Å². The Morgan fingerprint density at radius 1 is 0.373 bits per heavy atom. The van der Waals surface area contributed by atoms with Gasteiger partial charge >= 0.3 is 0 Å². The fraction of sp³-hybridized carbons (Fsp3) is 0.0877. The summed E-state index contributed by atoms with van der Waals surface area (Å²) in [4.78, 5) is 2.60. The summed E-state index contributed by atoms with van der Waals surface area (Å²) in [5.41, 5.74) is 21.0. The lowest BCUT2D eigenvalue weighted by atomic mass is 9.72. The van der Waals surface area contributed by atoms with Gasteiger partial charge in [-0.3, -0.25) is 0 Å². The second-order valence-corrected chi connectivity index (χ2v) is 17.4. The summed E-state index contributed by atoms with van der Waals surface area (Å²) in [6.07, 6.45) is 0.